The van der Waals surface area contributed by atoms with Gasteiger partial charge in [0.05, 0.1) is 6.54 Å². The molecule has 0 aliphatic heterocycles. The molecule has 0 radical (unpaired) electrons. The maximum Gasteiger partial charge on any atom is 0.317 e. The predicted octanol–water partition coefficient (Wildman–Crippen LogP) is 2.10. The van der Waals surface area contributed by atoms with Crippen LogP contribution in [0.1, 0.15) is 5.56 Å². The number of aliphatic carboxylic acids is 1. The largest absolute Gasteiger partial charge is 0.480 e. The molecule has 82 valence electrons. The van der Waals surface area contributed by atoms with Gasteiger partial charge in [-0.25, -0.2) is 4.39 Å². The van der Waals surface area contributed by atoms with E-state index in [4.69, 9.17) is 5.11 Å². The molecule has 0 unspecified atom stereocenters. The first kappa shape index (κ1) is 12.1. The third-order valence-corrected chi connectivity index (χ3v) is 2.35. The van der Waals surface area contributed by atoms with Crippen molar-refractivity contribution in [3.63, 3.8) is 0 Å². The Morgan fingerprint density at radius 3 is 2.80 bits per heavy atom. The lowest BCUT2D eigenvalue weighted by atomic mass is 10.2. The number of rotatable bonds is 4. The van der Waals surface area contributed by atoms with E-state index in [2.05, 4.69) is 15.9 Å². The summed E-state index contributed by atoms with van der Waals surface area (Å²) in [5.41, 5.74) is 0.488. The van der Waals surface area contributed by atoms with Crippen LogP contribution in [-0.2, 0) is 11.3 Å². The number of likely N-dealkylation sites (N-methyl/N-ethyl adjacent to an activating group) is 1. The molecule has 1 aromatic rings. The van der Waals surface area contributed by atoms with Crippen LogP contribution in [-0.4, -0.2) is 29.6 Å². The van der Waals surface area contributed by atoms with E-state index in [0.717, 1.165) is 0 Å². The molecule has 0 aromatic heterocycles. The van der Waals surface area contributed by atoms with Gasteiger partial charge in [0.15, 0.2) is 0 Å². The first-order valence-electron chi connectivity index (χ1n) is 4.33. The van der Waals surface area contributed by atoms with E-state index in [9.17, 15) is 9.18 Å². The Bertz CT molecular complexity index is 370. The highest BCUT2D eigenvalue weighted by atomic mass is 79.9. The van der Waals surface area contributed by atoms with Gasteiger partial charge in [-0.05, 0) is 19.2 Å². The average molecular weight is 276 g/mol. The number of nitrogens with zero attached hydrogens (tertiary/aromatic N) is 1. The van der Waals surface area contributed by atoms with Crippen LogP contribution in [0.25, 0.3) is 0 Å². The Kier molecular flexibility index (Phi) is 4.23. The van der Waals surface area contributed by atoms with E-state index in [1.807, 2.05) is 0 Å². The molecule has 1 rings (SSSR count). The molecule has 0 saturated carbocycles. The smallest absolute Gasteiger partial charge is 0.317 e. The van der Waals surface area contributed by atoms with Crippen molar-refractivity contribution in [1.29, 1.82) is 0 Å². The lowest BCUT2D eigenvalue weighted by Gasteiger charge is -2.14. The number of hydrogen-bond acceptors (Lipinski definition) is 2. The third-order valence-electron chi connectivity index (χ3n) is 1.86. The van der Waals surface area contributed by atoms with E-state index in [1.54, 1.807) is 19.2 Å². The van der Waals surface area contributed by atoms with E-state index in [1.165, 1.54) is 11.0 Å². The monoisotopic (exact) mass is 275 g/mol. The van der Waals surface area contributed by atoms with Gasteiger partial charge in [0.25, 0.3) is 0 Å². The van der Waals surface area contributed by atoms with Crippen LogP contribution in [0.3, 0.4) is 0 Å². The lowest BCUT2D eigenvalue weighted by Crippen LogP contribution is -2.25. The summed E-state index contributed by atoms with van der Waals surface area (Å²) in [6, 6.07) is 4.73. The Morgan fingerprint density at radius 2 is 2.27 bits per heavy atom. The zero-order valence-corrected chi connectivity index (χ0v) is 9.79. The Labute approximate surface area is 95.6 Å². The van der Waals surface area contributed by atoms with Gasteiger partial charge in [-0.1, -0.05) is 22.0 Å². The third kappa shape index (κ3) is 3.97. The van der Waals surface area contributed by atoms with Gasteiger partial charge >= 0.3 is 5.97 Å². The maximum absolute atomic E-state index is 13.3. The fourth-order valence-electron chi connectivity index (χ4n) is 1.23. The first-order chi connectivity index (χ1) is 6.99. The molecule has 5 heteroatoms. The fraction of sp³-hybridized carbons (Fsp3) is 0.300. The first-order valence-corrected chi connectivity index (χ1v) is 5.12. The summed E-state index contributed by atoms with van der Waals surface area (Å²) < 4.78 is 14.0. The van der Waals surface area contributed by atoms with E-state index in [-0.39, 0.29) is 18.9 Å². The zero-order chi connectivity index (χ0) is 11.4. The minimum Gasteiger partial charge on any atom is -0.480 e. The highest BCUT2D eigenvalue weighted by molar-refractivity contribution is 9.10. The van der Waals surface area contributed by atoms with Crippen molar-refractivity contribution in [2.45, 2.75) is 6.54 Å². The molecular weight excluding hydrogens is 265 g/mol. The van der Waals surface area contributed by atoms with Crippen molar-refractivity contribution in [1.82, 2.24) is 4.90 Å². The predicted molar refractivity (Wildman–Crippen MR) is 58.1 cm³/mol. The topological polar surface area (TPSA) is 40.5 Å². The van der Waals surface area contributed by atoms with Gasteiger partial charge in [-0.3, -0.25) is 9.69 Å². The van der Waals surface area contributed by atoms with Crippen molar-refractivity contribution in [3.05, 3.63) is 34.1 Å². The normalized spacial score (nSPS) is 10.7. The second kappa shape index (κ2) is 5.23. The fourth-order valence-corrected chi connectivity index (χ4v) is 1.56. The zero-order valence-electron chi connectivity index (χ0n) is 8.20. The van der Waals surface area contributed by atoms with Crippen molar-refractivity contribution in [3.8, 4) is 0 Å². The summed E-state index contributed by atoms with van der Waals surface area (Å²) in [5, 5.41) is 8.53. The molecule has 1 N–H and O–H groups in total. The van der Waals surface area contributed by atoms with Gasteiger partial charge in [0.2, 0.25) is 0 Å². The summed E-state index contributed by atoms with van der Waals surface area (Å²) in [5.74, 6) is -1.25. The summed E-state index contributed by atoms with van der Waals surface area (Å²) in [4.78, 5) is 11.9. The summed E-state index contributed by atoms with van der Waals surface area (Å²) >= 11 is 3.16. The molecule has 0 aliphatic rings. The van der Waals surface area contributed by atoms with Gasteiger partial charge in [-0.2, -0.15) is 0 Å². The number of carbonyl (C=O) groups is 1. The van der Waals surface area contributed by atoms with Crippen LogP contribution >= 0.6 is 15.9 Å². The molecule has 3 nitrogen and oxygen atoms in total. The molecule has 15 heavy (non-hydrogen) atoms. The van der Waals surface area contributed by atoms with Crippen LogP contribution in [0.4, 0.5) is 4.39 Å². The molecule has 0 aliphatic carbocycles. The second-order valence-electron chi connectivity index (χ2n) is 3.30. The number of halogens is 2. The van der Waals surface area contributed by atoms with Gasteiger partial charge < -0.3 is 5.11 Å². The quantitative estimate of drug-likeness (QED) is 0.915. The second-order valence-corrected chi connectivity index (χ2v) is 4.22. The summed E-state index contributed by atoms with van der Waals surface area (Å²) in [6.07, 6.45) is 0. The number of carboxylic acids is 1. The van der Waals surface area contributed by atoms with Gasteiger partial charge in [-0.15, -0.1) is 0 Å². The number of benzene rings is 1. The molecule has 0 heterocycles. The number of carboxylic acid groups (broad SMARTS) is 1. The molecule has 0 bridgehead atoms. The minimum atomic E-state index is -0.921. The maximum atomic E-state index is 13.3. The highest BCUT2D eigenvalue weighted by Gasteiger charge is 2.08. The summed E-state index contributed by atoms with van der Waals surface area (Å²) in [7, 11) is 1.63. The Morgan fingerprint density at radius 1 is 1.60 bits per heavy atom. The Balaban J connectivity index is 2.68. The SMILES string of the molecule is CN(CC(=O)O)Cc1ccc(Br)cc1F. The van der Waals surface area contributed by atoms with Gasteiger partial charge in [0.1, 0.15) is 5.82 Å². The van der Waals surface area contributed by atoms with Crippen molar-refractivity contribution >= 4 is 21.9 Å². The van der Waals surface area contributed by atoms with Crippen LogP contribution in [0.2, 0.25) is 0 Å². The van der Waals surface area contributed by atoms with Crippen LogP contribution in [0, 0.1) is 5.82 Å². The summed E-state index contributed by atoms with van der Waals surface area (Å²) in [6.45, 7) is 0.181. The molecule has 0 amide bonds. The molecule has 0 spiro atoms. The lowest BCUT2D eigenvalue weighted by molar-refractivity contribution is -0.138. The van der Waals surface area contributed by atoms with E-state index >= 15 is 0 Å². The van der Waals surface area contributed by atoms with Crippen molar-refractivity contribution in [2.75, 3.05) is 13.6 Å². The number of hydrogen-bond donors (Lipinski definition) is 1. The Hall–Kier alpha value is -0.940. The van der Waals surface area contributed by atoms with E-state index < -0.39 is 5.97 Å². The van der Waals surface area contributed by atoms with Crippen LogP contribution in [0.15, 0.2) is 22.7 Å². The van der Waals surface area contributed by atoms with Crippen molar-refractivity contribution < 1.29 is 14.3 Å². The molecule has 0 fully saturated rings. The molecule has 0 atom stereocenters. The van der Waals surface area contributed by atoms with Gasteiger partial charge in [0, 0.05) is 16.6 Å². The van der Waals surface area contributed by atoms with E-state index in [0.29, 0.717) is 10.0 Å². The van der Waals surface area contributed by atoms with Crippen LogP contribution < -0.4 is 0 Å². The highest BCUT2D eigenvalue weighted by Crippen LogP contribution is 2.16. The average Bonchev–Trinajstić information content (AvgIpc) is 2.08. The van der Waals surface area contributed by atoms with Crippen molar-refractivity contribution in [2.24, 2.45) is 0 Å². The molecule has 1 aromatic carbocycles. The standard InChI is InChI=1S/C10H11BrFNO2/c1-13(6-10(14)15)5-7-2-3-8(11)4-9(7)12/h2-4H,5-6H2,1H3,(H,14,15). The molecule has 0 saturated heterocycles. The minimum absolute atomic E-state index is 0.102. The van der Waals surface area contributed by atoms with Crippen LogP contribution in [0.5, 0.6) is 0 Å². The molecular formula is C10H11BrFNO2.